The van der Waals surface area contributed by atoms with E-state index in [4.69, 9.17) is 5.73 Å². The molecule has 0 unspecified atom stereocenters. The van der Waals surface area contributed by atoms with Crippen molar-refractivity contribution in [2.75, 3.05) is 12.3 Å². The minimum Gasteiger partial charge on any atom is -0.399 e. The molecular weight excluding hydrogens is 250 g/mol. The fourth-order valence-corrected chi connectivity index (χ4v) is 3.00. The van der Waals surface area contributed by atoms with Crippen molar-refractivity contribution in [3.8, 4) is 0 Å². The van der Waals surface area contributed by atoms with Gasteiger partial charge in [-0.05, 0) is 43.5 Å². The maximum atomic E-state index is 12.1. The fourth-order valence-electron chi connectivity index (χ4n) is 1.89. The van der Waals surface area contributed by atoms with E-state index in [9.17, 15) is 8.42 Å². The monoisotopic (exact) mass is 268 g/mol. The fraction of sp³-hybridized carbons (Fsp3) is 0.417. The van der Waals surface area contributed by atoms with Gasteiger partial charge in [-0.25, -0.2) is 0 Å². The van der Waals surface area contributed by atoms with Gasteiger partial charge in [-0.3, -0.25) is 4.99 Å². The van der Waals surface area contributed by atoms with Gasteiger partial charge in [0.15, 0.2) is 0 Å². The number of nitrogens with two attached hydrogens (primary N) is 1. The molecular formula is C12H18N3O2S+. The Morgan fingerprint density at radius 1 is 1.11 bits per heavy atom. The van der Waals surface area contributed by atoms with Crippen molar-refractivity contribution in [1.82, 2.24) is 4.72 Å². The van der Waals surface area contributed by atoms with E-state index in [0.29, 0.717) is 11.5 Å². The van der Waals surface area contributed by atoms with Gasteiger partial charge in [0.05, 0.1) is 6.54 Å². The highest BCUT2D eigenvalue weighted by Gasteiger charge is 2.22. The largest absolute Gasteiger partial charge is 0.399 e. The summed E-state index contributed by atoms with van der Waals surface area (Å²) in [5, 5.41) is 0. The second-order valence-electron chi connectivity index (χ2n) is 4.39. The van der Waals surface area contributed by atoms with E-state index in [-0.39, 0.29) is 4.90 Å². The molecule has 0 aromatic heterocycles. The Morgan fingerprint density at radius 2 is 1.83 bits per heavy atom. The molecule has 1 aliphatic heterocycles. The zero-order valence-corrected chi connectivity index (χ0v) is 11.0. The van der Waals surface area contributed by atoms with Crippen LogP contribution in [0.2, 0.25) is 0 Å². The third kappa shape index (κ3) is 3.22. The van der Waals surface area contributed by atoms with Crippen molar-refractivity contribution >= 4 is 21.5 Å². The molecule has 0 fully saturated rings. The summed E-state index contributed by atoms with van der Waals surface area (Å²) in [7, 11) is -3.50. The summed E-state index contributed by atoms with van der Waals surface area (Å²) < 4.78 is 26.8. The third-order valence-electron chi connectivity index (χ3n) is 2.89. The average Bonchev–Trinajstić information content (AvgIpc) is 2.57. The van der Waals surface area contributed by atoms with Crippen molar-refractivity contribution in [2.24, 2.45) is 0 Å². The zero-order chi connectivity index (χ0) is 13.0. The minimum atomic E-state index is -3.50. The average molecular weight is 268 g/mol. The summed E-state index contributed by atoms with van der Waals surface area (Å²) in [6.07, 6.45) is 3.95. The van der Waals surface area contributed by atoms with E-state index in [1.165, 1.54) is 12.1 Å². The highest BCUT2D eigenvalue weighted by atomic mass is 32.2. The maximum absolute atomic E-state index is 12.1. The van der Waals surface area contributed by atoms with Gasteiger partial charge < -0.3 is 5.73 Å². The molecule has 0 aliphatic carbocycles. The normalized spacial score (nSPS) is 16.8. The van der Waals surface area contributed by atoms with Crippen LogP contribution in [-0.2, 0) is 10.0 Å². The van der Waals surface area contributed by atoms with Crippen LogP contribution in [0.1, 0.15) is 25.7 Å². The van der Waals surface area contributed by atoms with Crippen LogP contribution < -0.4 is 15.4 Å². The number of nitrogens with one attached hydrogen (secondary N) is 2. The first-order valence-electron chi connectivity index (χ1n) is 6.06. The number of amidine groups is 1. The highest BCUT2D eigenvalue weighted by molar-refractivity contribution is 7.90. The molecule has 0 amide bonds. The Balaban J connectivity index is 2.16. The molecule has 98 valence electrons. The van der Waals surface area contributed by atoms with Crippen LogP contribution >= 0.6 is 0 Å². The van der Waals surface area contributed by atoms with Crippen molar-refractivity contribution in [3.63, 3.8) is 0 Å². The number of hydrogen-bond acceptors (Lipinski definition) is 3. The number of hydrogen-bond donors (Lipinski definition) is 3. The second kappa shape index (κ2) is 5.39. The standard InChI is InChI=1S/C12H17N3O2S/c13-10-5-7-11(8-6-10)18(16,17)15-12-4-2-1-3-9-14-12/h5-8H,1-4,9,13H2,(H,14,15)/p+1. The first-order chi connectivity index (χ1) is 8.58. The van der Waals surface area contributed by atoms with Gasteiger partial charge in [-0.1, -0.05) is 0 Å². The Labute approximate surface area is 107 Å². The summed E-state index contributed by atoms with van der Waals surface area (Å²) >= 11 is 0. The maximum Gasteiger partial charge on any atom is 0.328 e. The molecule has 5 nitrogen and oxygen atoms in total. The molecule has 0 spiro atoms. The van der Waals surface area contributed by atoms with E-state index in [1.807, 2.05) is 0 Å². The number of nitrogen functional groups attached to an aromatic ring is 1. The number of rotatable bonds is 2. The van der Waals surface area contributed by atoms with Crippen LogP contribution in [0.25, 0.3) is 0 Å². The van der Waals surface area contributed by atoms with Gasteiger partial charge in [-0.2, -0.15) is 13.1 Å². The molecule has 1 aromatic rings. The minimum absolute atomic E-state index is 0.232. The van der Waals surface area contributed by atoms with Crippen LogP contribution in [0.3, 0.4) is 0 Å². The smallest absolute Gasteiger partial charge is 0.328 e. The lowest BCUT2D eigenvalue weighted by atomic mass is 10.2. The van der Waals surface area contributed by atoms with E-state index in [0.717, 1.165) is 32.2 Å². The lowest BCUT2D eigenvalue weighted by Crippen LogP contribution is -2.76. The number of benzene rings is 1. The van der Waals surface area contributed by atoms with Crippen LogP contribution in [0.15, 0.2) is 29.2 Å². The van der Waals surface area contributed by atoms with Crippen molar-refractivity contribution in [1.29, 1.82) is 0 Å². The van der Waals surface area contributed by atoms with E-state index in [2.05, 4.69) is 9.71 Å². The number of sulfonamides is 1. The Hall–Kier alpha value is -1.56. The summed E-state index contributed by atoms with van der Waals surface area (Å²) in [5.74, 6) is 0.685. The SMILES string of the molecule is Nc1ccc(S(=O)(=O)NC2=[NH+]CCCCC2)cc1. The number of anilines is 1. The molecule has 0 saturated heterocycles. The topological polar surface area (TPSA) is 86.2 Å². The molecule has 1 aromatic carbocycles. The van der Waals surface area contributed by atoms with Gasteiger partial charge in [-0.15, -0.1) is 0 Å². The van der Waals surface area contributed by atoms with Crippen LogP contribution in [-0.4, -0.2) is 20.8 Å². The molecule has 4 N–H and O–H groups in total. The highest BCUT2D eigenvalue weighted by Crippen LogP contribution is 2.11. The van der Waals surface area contributed by atoms with Crippen molar-refractivity contribution < 1.29 is 13.4 Å². The van der Waals surface area contributed by atoms with Gasteiger partial charge in [0.2, 0.25) is 0 Å². The molecule has 0 atom stereocenters. The lowest BCUT2D eigenvalue weighted by molar-refractivity contribution is -0.459. The molecule has 0 radical (unpaired) electrons. The van der Waals surface area contributed by atoms with Gasteiger partial charge >= 0.3 is 10.0 Å². The predicted molar refractivity (Wildman–Crippen MR) is 70.5 cm³/mol. The Kier molecular flexibility index (Phi) is 3.86. The summed E-state index contributed by atoms with van der Waals surface area (Å²) in [6, 6.07) is 6.18. The van der Waals surface area contributed by atoms with E-state index < -0.39 is 10.0 Å². The van der Waals surface area contributed by atoms with Crippen LogP contribution in [0.5, 0.6) is 0 Å². The van der Waals surface area contributed by atoms with E-state index in [1.54, 1.807) is 12.1 Å². The molecule has 6 heteroatoms. The molecule has 1 heterocycles. The lowest BCUT2D eigenvalue weighted by Gasteiger charge is -2.03. The summed E-state index contributed by atoms with van der Waals surface area (Å²) in [4.78, 5) is 3.35. The third-order valence-corrected chi connectivity index (χ3v) is 4.30. The van der Waals surface area contributed by atoms with Gasteiger partial charge in [0.1, 0.15) is 4.90 Å². The Morgan fingerprint density at radius 3 is 2.56 bits per heavy atom. The summed E-state index contributed by atoms with van der Waals surface area (Å²) in [5.41, 5.74) is 6.09. The van der Waals surface area contributed by atoms with Gasteiger partial charge in [0.25, 0.3) is 5.84 Å². The van der Waals surface area contributed by atoms with Gasteiger partial charge in [0, 0.05) is 12.1 Å². The Bertz CT molecular complexity index is 535. The van der Waals surface area contributed by atoms with Crippen LogP contribution in [0.4, 0.5) is 5.69 Å². The van der Waals surface area contributed by atoms with Crippen molar-refractivity contribution in [2.45, 2.75) is 30.6 Å². The molecule has 18 heavy (non-hydrogen) atoms. The summed E-state index contributed by atoms with van der Waals surface area (Å²) in [6.45, 7) is 0.819. The quantitative estimate of drug-likeness (QED) is 0.638. The first-order valence-corrected chi connectivity index (χ1v) is 7.54. The molecule has 0 saturated carbocycles. The molecule has 0 bridgehead atoms. The molecule has 2 rings (SSSR count). The second-order valence-corrected chi connectivity index (χ2v) is 6.07. The zero-order valence-electron chi connectivity index (χ0n) is 10.1. The van der Waals surface area contributed by atoms with E-state index >= 15 is 0 Å². The van der Waals surface area contributed by atoms with Crippen LogP contribution in [0, 0.1) is 0 Å². The van der Waals surface area contributed by atoms with Crippen molar-refractivity contribution in [3.05, 3.63) is 24.3 Å². The first kappa shape index (κ1) is 12.9. The predicted octanol–water partition coefficient (Wildman–Crippen LogP) is -0.400. The molecule has 1 aliphatic rings.